The number of allylic oxidation sites excluding steroid dienone is 4. The summed E-state index contributed by atoms with van der Waals surface area (Å²) < 4.78 is -3.69. The van der Waals surface area contributed by atoms with E-state index < -0.39 is 51.8 Å². The molecule has 1 aromatic carbocycles. The number of nitrogens with two attached hydrogens (primary N) is 1. The Morgan fingerprint density at radius 1 is 0.545 bits per heavy atom. The zero-order valence-corrected chi connectivity index (χ0v) is 24.7. The minimum Gasteiger partial charge on any atom is -0.399 e. The van der Waals surface area contributed by atoms with Crippen LogP contribution in [0.3, 0.4) is 0 Å². The van der Waals surface area contributed by atoms with Gasteiger partial charge in [-0.1, -0.05) is 98.9 Å². The Hall–Kier alpha value is 1.98. The monoisotopic (exact) mass is 683 g/mol. The third-order valence-electron chi connectivity index (χ3n) is 8.15. The number of nitrogen functional groups attached to an aromatic ring is 1. The van der Waals surface area contributed by atoms with E-state index in [-0.39, 0.29) is 20.1 Å². The highest BCUT2D eigenvalue weighted by molar-refractivity contribution is 6.67. The van der Waals surface area contributed by atoms with Gasteiger partial charge < -0.3 is 5.73 Å². The molecule has 1 aromatic rings. The summed E-state index contributed by atoms with van der Waals surface area (Å²) in [6.45, 7) is 0. The molecule has 0 amide bonds. The quantitative estimate of drug-likeness (QED) is 0.214. The fourth-order valence-electron chi connectivity index (χ4n) is 6.92. The number of halogens is 12. The number of hydrogen-bond acceptors (Lipinski definition) is 1. The summed E-state index contributed by atoms with van der Waals surface area (Å²) in [6, 6.07) is 5.28. The number of alkyl halides is 8. The second-order valence-electron chi connectivity index (χ2n) is 9.15. The molecule has 0 aliphatic heterocycles. The van der Waals surface area contributed by atoms with E-state index in [1.165, 1.54) is 0 Å². The molecule has 0 spiro atoms. The molecule has 6 rings (SSSR count). The molecule has 5 aliphatic rings. The Bertz CT molecular complexity index is 1240. The number of hydrogen-bond donors (Lipinski definition) is 1. The lowest BCUT2D eigenvalue weighted by Crippen LogP contribution is -2.53. The summed E-state index contributed by atoms with van der Waals surface area (Å²) in [5, 5.41) is 0.153. The number of anilines is 1. The van der Waals surface area contributed by atoms with Crippen LogP contribution in [0.15, 0.2) is 38.3 Å². The Labute approximate surface area is 249 Å². The SMILES string of the molecule is Nc1ccc2c(c1)C1C(C3C2C2(Cl)C(Cl)=C(Cl)C3(Cl)C2(Cl)Cl)C2(Cl)C(Cl)=C(Cl)C1(Cl)C2(Cl)Cl. The molecule has 0 aromatic heterocycles. The van der Waals surface area contributed by atoms with Crippen LogP contribution in [0, 0.1) is 11.8 Å². The molecular formula is C20H9Cl12N. The van der Waals surface area contributed by atoms with Crippen molar-refractivity contribution < 1.29 is 0 Å². The van der Waals surface area contributed by atoms with Crippen LogP contribution in [0.25, 0.3) is 0 Å². The van der Waals surface area contributed by atoms with Gasteiger partial charge >= 0.3 is 0 Å². The normalized spacial score (nSPS) is 50.1. The summed E-state index contributed by atoms with van der Waals surface area (Å²) in [5.74, 6) is -2.80. The lowest BCUT2D eigenvalue weighted by molar-refractivity contribution is 0.201. The third kappa shape index (κ3) is 2.16. The topological polar surface area (TPSA) is 26.0 Å². The second kappa shape index (κ2) is 6.75. The zero-order chi connectivity index (χ0) is 24.5. The maximum Gasteiger partial charge on any atom is 0.167 e. The number of rotatable bonds is 0. The molecule has 8 unspecified atom stereocenters. The fourth-order valence-corrected chi connectivity index (χ4v) is 13.0. The molecule has 1 nitrogen and oxygen atoms in total. The van der Waals surface area contributed by atoms with Crippen molar-refractivity contribution in [2.75, 3.05) is 5.73 Å². The van der Waals surface area contributed by atoms with Crippen LogP contribution in [-0.2, 0) is 0 Å². The van der Waals surface area contributed by atoms with Crippen LogP contribution < -0.4 is 5.73 Å². The van der Waals surface area contributed by atoms with Crippen molar-refractivity contribution in [1.82, 2.24) is 0 Å². The van der Waals surface area contributed by atoms with Crippen LogP contribution in [0.5, 0.6) is 0 Å². The van der Waals surface area contributed by atoms with Gasteiger partial charge in [0.15, 0.2) is 8.67 Å². The summed E-state index contributed by atoms with van der Waals surface area (Å²) in [6.07, 6.45) is 0. The average molecular weight is 689 g/mol. The van der Waals surface area contributed by atoms with Gasteiger partial charge in [0.25, 0.3) is 0 Å². The van der Waals surface area contributed by atoms with Crippen molar-refractivity contribution in [1.29, 1.82) is 0 Å². The molecule has 5 aliphatic carbocycles. The van der Waals surface area contributed by atoms with E-state index in [0.29, 0.717) is 11.3 Å². The maximum atomic E-state index is 7.26. The van der Waals surface area contributed by atoms with Crippen LogP contribution >= 0.6 is 139 Å². The van der Waals surface area contributed by atoms with Crippen LogP contribution in [0.2, 0.25) is 0 Å². The minimum absolute atomic E-state index is 0.0193. The van der Waals surface area contributed by atoms with Gasteiger partial charge in [-0.3, -0.25) is 0 Å². The predicted molar refractivity (Wildman–Crippen MR) is 144 cm³/mol. The molecule has 8 atom stereocenters. The van der Waals surface area contributed by atoms with Gasteiger partial charge in [0.05, 0.1) is 20.1 Å². The van der Waals surface area contributed by atoms with Crippen LogP contribution in [0.1, 0.15) is 23.0 Å². The molecule has 0 heterocycles. The van der Waals surface area contributed by atoms with E-state index >= 15 is 0 Å². The first-order chi connectivity index (χ1) is 15.0. The van der Waals surface area contributed by atoms with E-state index in [1.807, 2.05) is 6.07 Å². The lowest BCUT2D eigenvalue weighted by Gasteiger charge is -2.52. The lowest BCUT2D eigenvalue weighted by atomic mass is 9.57. The van der Waals surface area contributed by atoms with Crippen LogP contribution in [-0.4, -0.2) is 28.2 Å². The standard InChI is InChI=1S/C20H9Cl12N/c21-11-13(23)17(27)9-7(15(11,25)19(17,29)30)5-2-1-4(33)3-6(5)8-10(9)18(28)14(24)12(22)16(8,26)20(18,31)32/h1-3,7-10H,33H2. The summed E-state index contributed by atoms with van der Waals surface area (Å²) >= 11 is 83.4. The van der Waals surface area contributed by atoms with Gasteiger partial charge in [0, 0.05) is 29.4 Å². The molecule has 2 fully saturated rings. The Balaban J connectivity index is 1.79. The zero-order valence-electron chi connectivity index (χ0n) is 15.7. The van der Waals surface area contributed by atoms with Gasteiger partial charge in [0.2, 0.25) is 0 Å². The third-order valence-corrected chi connectivity index (χ3v) is 16.7. The molecular weight excluding hydrogens is 680 g/mol. The van der Waals surface area contributed by atoms with Crippen molar-refractivity contribution >= 4 is 145 Å². The van der Waals surface area contributed by atoms with Crippen molar-refractivity contribution in [2.24, 2.45) is 11.8 Å². The van der Waals surface area contributed by atoms with Crippen molar-refractivity contribution in [3.63, 3.8) is 0 Å². The van der Waals surface area contributed by atoms with Gasteiger partial charge in [-0.25, -0.2) is 0 Å². The first kappa shape index (κ1) is 25.3. The van der Waals surface area contributed by atoms with E-state index in [9.17, 15) is 0 Å². The van der Waals surface area contributed by atoms with Gasteiger partial charge in [-0.05, 0) is 23.3 Å². The number of benzene rings is 1. The first-order valence-electron chi connectivity index (χ1n) is 9.53. The molecule has 13 heteroatoms. The summed E-state index contributed by atoms with van der Waals surface area (Å²) in [4.78, 5) is -6.52. The molecule has 0 radical (unpaired) electrons. The maximum absolute atomic E-state index is 7.26. The molecule has 33 heavy (non-hydrogen) atoms. The molecule has 2 N–H and O–H groups in total. The van der Waals surface area contributed by atoms with Crippen molar-refractivity contribution in [3.05, 3.63) is 49.5 Å². The summed E-state index contributed by atoms with van der Waals surface area (Å²) in [5.41, 5.74) is 8.03. The second-order valence-corrected chi connectivity index (χ2v) is 15.7. The molecule has 0 saturated heterocycles. The van der Waals surface area contributed by atoms with Gasteiger partial charge in [-0.2, -0.15) is 0 Å². The fraction of sp³-hybridized carbons (Fsp3) is 0.500. The van der Waals surface area contributed by atoms with Crippen molar-refractivity contribution in [3.8, 4) is 0 Å². The highest BCUT2D eigenvalue weighted by atomic mass is 35.5. The van der Waals surface area contributed by atoms with E-state index in [0.717, 1.165) is 5.56 Å². The Morgan fingerprint density at radius 2 is 0.909 bits per heavy atom. The van der Waals surface area contributed by atoms with Gasteiger partial charge in [-0.15, -0.1) is 46.4 Å². The molecule has 2 saturated carbocycles. The average Bonchev–Trinajstić information content (AvgIpc) is 3.08. The van der Waals surface area contributed by atoms with Crippen LogP contribution in [0.4, 0.5) is 5.69 Å². The van der Waals surface area contributed by atoms with E-state index in [2.05, 4.69) is 0 Å². The summed E-state index contributed by atoms with van der Waals surface area (Å²) in [7, 11) is 0. The first-order valence-corrected chi connectivity index (χ1v) is 14.1. The molecule has 178 valence electrons. The predicted octanol–water partition coefficient (Wildman–Crippen LogP) is 9.37. The van der Waals surface area contributed by atoms with E-state index in [4.69, 9.17) is 145 Å². The number of fused-ring (bicyclic) bond motifs is 14. The minimum atomic E-state index is -1.85. The highest BCUT2D eigenvalue weighted by Crippen LogP contribution is 2.88. The molecule has 4 bridgehead atoms. The Morgan fingerprint density at radius 3 is 1.33 bits per heavy atom. The van der Waals surface area contributed by atoms with Crippen molar-refractivity contribution in [2.45, 2.75) is 40.0 Å². The Kier molecular flexibility index (Phi) is 5.17. The highest BCUT2D eigenvalue weighted by Gasteiger charge is 2.91. The largest absolute Gasteiger partial charge is 0.399 e. The van der Waals surface area contributed by atoms with E-state index in [1.54, 1.807) is 12.1 Å². The van der Waals surface area contributed by atoms with Gasteiger partial charge in [0.1, 0.15) is 19.5 Å². The smallest absolute Gasteiger partial charge is 0.167 e.